The van der Waals surface area contributed by atoms with Gasteiger partial charge in [0.1, 0.15) is 0 Å². The molecule has 0 unspecified atom stereocenters. The predicted octanol–water partition coefficient (Wildman–Crippen LogP) is 4.12. The Hall–Kier alpha value is -1.36. The Labute approximate surface area is 159 Å². The first-order valence-corrected chi connectivity index (χ1v) is 10.4. The molecule has 5 N–H and O–H groups in total. The smallest absolute Gasteiger partial charge is 0.259 e. The Bertz CT molecular complexity index is 394. The zero-order valence-electron chi connectivity index (χ0n) is 16.7. The number of unbranched alkanes of at least 4 members (excludes halogenated alkanes) is 13. The van der Waals surface area contributed by atoms with Crippen molar-refractivity contribution in [2.24, 2.45) is 11.5 Å². The molecule has 0 aliphatic heterocycles. The highest BCUT2D eigenvalue weighted by atomic mass is 16.3. The van der Waals surface area contributed by atoms with Crippen molar-refractivity contribution >= 4 is 11.8 Å². The molecule has 0 heterocycles. The van der Waals surface area contributed by atoms with Gasteiger partial charge in [0.25, 0.3) is 11.8 Å². The number of amides is 2. The molecule has 0 fully saturated rings. The summed E-state index contributed by atoms with van der Waals surface area (Å²) in [6.07, 6.45) is 21.3. The highest BCUT2D eigenvalue weighted by Crippen LogP contribution is 2.14. The molecule has 0 aliphatic rings. The molecule has 0 saturated heterocycles. The first kappa shape index (κ1) is 24.6. The molecule has 26 heavy (non-hydrogen) atoms. The Kier molecular flexibility index (Phi) is 15.0. The molecule has 0 radical (unpaired) electrons. The molecule has 0 aliphatic carbocycles. The number of primary amides is 2. The maximum absolute atomic E-state index is 11.1. The van der Waals surface area contributed by atoms with Crippen LogP contribution >= 0.6 is 0 Å². The van der Waals surface area contributed by atoms with E-state index in [4.69, 9.17) is 11.5 Å². The van der Waals surface area contributed by atoms with Crippen LogP contribution in [-0.4, -0.2) is 22.5 Å². The second-order valence-corrected chi connectivity index (χ2v) is 7.30. The van der Waals surface area contributed by atoms with Crippen LogP contribution in [0.15, 0.2) is 12.2 Å². The number of hydrogen-bond donors (Lipinski definition) is 3. The molecule has 5 nitrogen and oxygen atoms in total. The second kappa shape index (κ2) is 15.9. The van der Waals surface area contributed by atoms with Gasteiger partial charge in [0, 0.05) is 6.42 Å². The summed E-state index contributed by atoms with van der Waals surface area (Å²) in [5.74, 6) is -2.20. The van der Waals surface area contributed by atoms with Gasteiger partial charge >= 0.3 is 0 Å². The highest BCUT2D eigenvalue weighted by Gasteiger charge is 2.39. The van der Waals surface area contributed by atoms with Gasteiger partial charge in [0.2, 0.25) is 5.60 Å². The van der Waals surface area contributed by atoms with Gasteiger partial charge in [-0.1, -0.05) is 96.1 Å². The van der Waals surface area contributed by atoms with Gasteiger partial charge in [-0.2, -0.15) is 0 Å². The molecule has 0 saturated carbocycles. The van der Waals surface area contributed by atoms with Crippen LogP contribution in [0, 0.1) is 0 Å². The van der Waals surface area contributed by atoms with E-state index in [0.29, 0.717) is 0 Å². The van der Waals surface area contributed by atoms with E-state index in [0.717, 1.165) is 12.8 Å². The Morgan fingerprint density at radius 3 is 1.50 bits per heavy atom. The van der Waals surface area contributed by atoms with Gasteiger partial charge in [-0.25, -0.2) is 0 Å². The van der Waals surface area contributed by atoms with Crippen molar-refractivity contribution in [3.05, 3.63) is 12.2 Å². The average molecular weight is 369 g/mol. The van der Waals surface area contributed by atoms with Crippen LogP contribution in [0.3, 0.4) is 0 Å². The number of nitrogens with two attached hydrogens (primary N) is 2. The van der Waals surface area contributed by atoms with Gasteiger partial charge in [-0.3, -0.25) is 9.59 Å². The van der Waals surface area contributed by atoms with Crippen LogP contribution in [0.25, 0.3) is 0 Å². The summed E-state index contributed by atoms with van der Waals surface area (Å²) in [6, 6.07) is 0. The number of rotatable bonds is 18. The topological polar surface area (TPSA) is 106 Å². The molecule has 0 rings (SSSR count). The first-order valence-electron chi connectivity index (χ1n) is 10.4. The molecule has 152 valence electrons. The third kappa shape index (κ3) is 12.1. The van der Waals surface area contributed by atoms with E-state index in [1.54, 1.807) is 6.08 Å². The number of allylic oxidation sites excluding steroid dienone is 1. The summed E-state index contributed by atoms with van der Waals surface area (Å²) in [5, 5.41) is 9.78. The standard InChI is InChI=1S/C21H40N2O3/c1-2-3-4-5-6-7-8-9-10-11-12-13-14-15-16-17-18-21(26,19(22)24)20(23)25/h16-17,26H,2-15,18H2,1H3,(H2,22,24)(H2,23,25). The lowest BCUT2D eigenvalue weighted by Crippen LogP contribution is -2.53. The molecular weight excluding hydrogens is 328 g/mol. The highest BCUT2D eigenvalue weighted by molar-refractivity contribution is 6.06. The number of hydrogen-bond acceptors (Lipinski definition) is 3. The lowest BCUT2D eigenvalue weighted by Gasteiger charge is -2.18. The van der Waals surface area contributed by atoms with Crippen LogP contribution < -0.4 is 11.5 Å². The lowest BCUT2D eigenvalue weighted by atomic mass is 9.97. The lowest BCUT2D eigenvalue weighted by molar-refractivity contribution is -0.149. The van der Waals surface area contributed by atoms with Crippen molar-refractivity contribution < 1.29 is 14.7 Å². The Balaban J connectivity index is 3.46. The fourth-order valence-electron chi connectivity index (χ4n) is 2.97. The van der Waals surface area contributed by atoms with Gasteiger partial charge in [0.15, 0.2) is 0 Å². The van der Waals surface area contributed by atoms with Crippen molar-refractivity contribution in [1.29, 1.82) is 0 Å². The predicted molar refractivity (Wildman–Crippen MR) is 107 cm³/mol. The zero-order chi connectivity index (χ0) is 19.7. The first-order chi connectivity index (χ1) is 12.4. The summed E-state index contributed by atoms with van der Waals surface area (Å²) in [6.45, 7) is 2.25. The van der Waals surface area contributed by atoms with E-state index in [2.05, 4.69) is 6.92 Å². The fourth-order valence-corrected chi connectivity index (χ4v) is 2.97. The SMILES string of the molecule is CCCCCCCCCCCCCCCC=CCC(O)(C(N)=O)C(N)=O. The van der Waals surface area contributed by atoms with Crippen LogP contribution in [0.5, 0.6) is 0 Å². The van der Waals surface area contributed by atoms with Crippen molar-refractivity contribution in [2.45, 2.75) is 109 Å². The minimum atomic E-state index is -2.27. The van der Waals surface area contributed by atoms with Crippen molar-refractivity contribution in [1.82, 2.24) is 0 Å². The van der Waals surface area contributed by atoms with Crippen LogP contribution in [-0.2, 0) is 9.59 Å². The minimum Gasteiger partial charge on any atom is -0.371 e. The van der Waals surface area contributed by atoms with E-state index in [9.17, 15) is 14.7 Å². The van der Waals surface area contributed by atoms with Gasteiger partial charge in [-0.15, -0.1) is 0 Å². The summed E-state index contributed by atoms with van der Waals surface area (Å²) in [7, 11) is 0. The van der Waals surface area contributed by atoms with Crippen LogP contribution in [0.4, 0.5) is 0 Å². The Morgan fingerprint density at radius 2 is 1.12 bits per heavy atom. The summed E-state index contributed by atoms with van der Waals surface area (Å²) < 4.78 is 0. The van der Waals surface area contributed by atoms with E-state index < -0.39 is 17.4 Å². The summed E-state index contributed by atoms with van der Waals surface area (Å²) >= 11 is 0. The molecule has 0 spiro atoms. The second-order valence-electron chi connectivity index (χ2n) is 7.30. The molecule has 5 heteroatoms. The normalized spacial score (nSPS) is 11.9. The van der Waals surface area contributed by atoms with E-state index in [1.165, 1.54) is 77.0 Å². The number of carbonyl (C=O) groups is 2. The average Bonchev–Trinajstić information content (AvgIpc) is 2.60. The number of aliphatic hydroxyl groups is 1. The van der Waals surface area contributed by atoms with E-state index >= 15 is 0 Å². The third-order valence-electron chi connectivity index (χ3n) is 4.87. The van der Waals surface area contributed by atoms with Crippen molar-refractivity contribution in [3.63, 3.8) is 0 Å². The molecular formula is C21H40N2O3. The molecule has 2 amide bonds. The van der Waals surface area contributed by atoms with Gasteiger partial charge < -0.3 is 16.6 Å². The largest absolute Gasteiger partial charge is 0.371 e. The maximum atomic E-state index is 11.1. The quantitative estimate of drug-likeness (QED) is 0.192. The van der Waals surface area contributed by atoms with E-state index in [-0.39, 0.29) is 6.42 Å². The Morgan fingerprint density at radius 1 is 0.731 bits per heavy atom. The zero-order valence-corrected chi connectivity index (χ0v) is 16.7. The third-order valence-corrected chi connectivity index (χ3v) is 4.87. The van der Waals surface area contributed by atoms with E-state index in [1.807, 2.05) is 6.08 Å². The molecule has 0 aromatic carbocycles. The summed E-state index contributed by atoms with van der Waals surface area (Å²) in [5.41, 5.74) is 7.76. The number of carbonyl (C=O) groups excluding carboxylic acids is 2. The van der Waals surface area contributed by atoms with Crippen LogP contribution in [0.2, 0.25) is 0 Å². The molecule has 0 atom stereocenters. The minimum absolute atomic E-state index is 0.157. The van der Waals surface area contributed by atoms with Gasteiger partial charge in [-0.05, 0) is 12.8 Å². The summed E-state index contributed by atoms with van der Waals surface area (Å²) in [4.78, 5) is 22.2. The monoisotopic (exact) mass is 368 g/mol. The van der Waals surface area contributed by atoms with Crippen LogP contribution in [0.1, 0.15) is 103 Å². The fraction of sp³-hybridized carbons (Fsp3) is 0.810. The molecule has 0 aromatic heterocycles. The van der Waals surface area contributed by atoms with Crippen molar-refractivity contribution in [3.8, 4) is 0 Å². The molecule has 0 bridgehead atoms. The van der Waals surface area contributed by atoms with Crippen molar-refractivity contribution in [2.75, 3.05) is 0 Å². The maximum Gasteiger partial charge on any atom is 0.259 e. The molecule has 0 aromatic rings. The van der Waals surface area contributed by atoms with Gasteiger partial charge in [0.05, 0.1) is 0 Å².